The number of urea groups is 1. The Bertz CT molecular complexity index is 907. The molecule has 0 aromatic heterocycles. The predicted octanol–water partition coefficient (Wildman–Crippen LogP) is 3.97. The van der Waals surface area contributed by atoms with E-state index in [9.17, 15) is 31.5 Å². The second-order valence-corrected chi connectivity index (χ2v) is 6.41. The van der Waals surface area contributed by atoms with Gasteiger partial charge in [-0.15, -0.1) is 0 Å². The molecule has 1 N–H and O–H groups in total. The first kappa shape index (κ1) is 20.6. The first-order valence-corrected chi connectivity index (χ1v) is 8.62. The van der Waals surface area contributed by atoms with Crippen molar-refractivity contribution < 1.29 is 31.5 Å². The Morgan fingerprint density at radius 3 is 2.03 bits per heavy atom. The molecular weight excluding hydrogens is 397 g/mol. The zero-order chi connectivity index (χ0) is 21.2. The molecule has 10 heteroatoms. The van der Waals surface area contributed by atoms with Crippen LogP contribution >= 0.6 is 0 Å². The second-order valence-electron chi connectivity index (χ2n) is 6.41. The van der Waals surface area contributed by atoms with Crippen molar-refractivity contribution in [3.8, 4) is 0 Å². The molecule has 0 spiro atoms. The zero-order valence-corrected chi connectivity index (χ0v) is 15.0. The van der Waals surface area contributed by atoms with Crippen LogP contribution in [-0.4, -0.2) is 47.9 Å². The third-order valence-electron chi connectivity index (χ3n) is 4.48. The maximum absolute atomic E-state index is 13.8. The van der Waals surface area contributed by atoms with Gasteiger partial charge in [0, 0.05) is 31.9 Å². The molecule has 2 aromatic rings. The fourth-order valence-electron chi connectivity index (χ4n) is 2.89. The average Bonchev–Trinajstić information content (AvgIpc) is 2.69. The highest BCUT2D eigenvalue weighted by molar-refractivity contribution is 5.95. The summed E-state index contributed by atoms with van der Waals surface area (Å²) in [5.41, 5.74) is -1.01. The molecule has 1 aliphatic heterocycles. The predicted molar refractivity (Wildman–Crippen MR) is 94.3 cm³/mol. The van der Waals surface area contributed by atoms with E-state index in [-0.39, 0.29) is 37.4 Å². The zero-order valence-electron chi connectivity index (χ0n) is 15.0. The van der Waals surface area contributed by atoms with Crippen LogP contribution in [0.15, 0.2) is 42.5 Å². The van der Waals surface area contributed by atoms with Crippen LogP contribution in [-0.2, 0) is 6.18 Å². The summed E-state index contributed by atoms with van der Waals surface area (Å²) < 4.78 is 64.8. The van der Waals surface area contributed by atoms with Crippen LogP contribution in [0.2, 0.25) is 0 Å². The minimum Gasteiger partial charge on any atom is -0.335 e. The number of hydrogen-bond donors (Lipinski definition) is 1. The van der Waals surface area contributed by atoms with Crippen molar-refractivity contribution in [1.29, 1.82) is 0 Å². The van der Waals surface area contributed by atoms with Crippen LogP contribution in [0.4, 0.5) is 32.4 Å². The van der Waals surface area contributed by atoms with E-state index in [1.54, 1.807) is 0 Å². The van der Waals surface area contributed by atoms with Gasteiger partial charge in [-0.1, -0.05) is 0 Å². The van der Waals surface area contributed by atoms with Gasteiger partial charge in [-0.2, -0.15) is 13.2 Å². The Balaban J connectivity index is 1.57. The molecule has 1 saturated heterocycles. The molecule has 0 aliphatic carbocycles. The molecule has 0 radical (unpaired) electrons. The Hall–Kier alpha value is -3.17. The maximum Gasteiger partial charge on any atom is 0.416 e. The number of anilines is 1. The molecule has 0 atom stereocenters. The molecule has 1 fully saturated rings. The molecule has 2 aromatic carbocycles. The number of benzene rings is 2. The van der Waals surface area contributed by atoms with Crippen molar-refractivity contribution in [2.45, 2.75) is 6.18 Å². The van der Waals surface area contributed by atoms with Crippen LogP contribution in [0, 0.1) is 11.6 Å². The first-order chi connectivity index (χ1) is 13.6. The topological polar surface area (TPSA) is 52.7 Å². The van der Waals surface area contributed by atoms with E-state index in [4.69, 9.17) is 0 Å². The van der Waals surface area contributed by atoms with Crippen LogP contribution in [0.5, 0.6) is 0 Å². The molecular formula is C19H16F5N3O2. The highest BCUT2D eigenvalue weighted by atomic mass is 19.4. The molecule has 1 heterocycles. The molecule has 5 nitrogen and oxygen atoms in total. The van der Waals surface area contributed by atoms with Crippen molar-refractivity contribution >= 4 is 17.6 Å². The number of carbonyl (C=O) groups excluding carboxylic acids is 2. The van der Waals surface area contributed by atoms with E-state index < -0.39 is 35.3 Å². The number of hydrogen-bond acceptors (Lipinski definition) is 2. The van der Waals surface area contributed by atoms with Gasteiger partial charge in [-0.3, -0.25) is 4.79 Å². The van der Waals surface area contributed by atoms with Gasteiger partial charge in [0.05, 0.1) is 11.1 Å². The van der Waals surface area contributed by atoms with Gasteiger partial charge >= 0.3 is 12.2 Å². The van der Waals surface area contributed by atoms with E-state index in [2.05, 4.69) is 5.32 Å². The first-order valence-electron chi connectivity index (χ1n) is 8.62. The molecule has 154 valence electrons. The molecule has 3 rings (SSSR count). The van der Waals surface area contributed by atoms with Crippen LogP contribution in [0.25, 0.3) is 0 Å². The smallest absolute Gasteiger partial charge is 0.335 e. The molecule has 0 bridgehead atoms. The van der Waals surface area contributed by atoms with Crippen molar-refractivity contribution in [3.05, 3.63) is 65.2 Å². The number of piperazine rings is 1. The SMILES string of the molecule is O=C(Nc1ccc(C(F)(F)F)cc1)N1CCN(C(=O)c2cc(F)ccc2F)CC1. The highest BCUT2D eigenvalue weighted by Crippen LogP contribution is 2.29. The summed E-state index contributed by atoms with van der Waals surface area (Å²) in [7, 11) is 0. The lowest BCUT2D eigenvalue weighted by atomic mass is 10.1. The molecule has 1 aliphatic rings. The van der Waals surface area contributed by atoms with Crippen molar-refractivity contribution in [2.75, 3.05) is 31.5 Å². The fraction of sp³-hybridized carbons (Fsp3) is 0.263. The van der Waals surface area contributed by atoms with Gasteiger partial charge in [0.15, 0.2) is 0 Å². The lowest BCUT2D eigenvalue weighted by Gasteiger charge is -2.34. The summed E-state index contributed by atoms with van der Waals surface area (Å²) in [6.07, 6.45) is -4.47. The van der Waals surface area contributed by atoms with E-state index in [1.807, 2.05) is 0 Å². The lowest BCUT2D eigenvalue weighted by molar-refractivity contribution is -0.137. The number of nitrogens with zero attached hydrogens (tertiary/aromatic N) is 2. The van der Waals surface area contributed by atoms with Gasteiger partial charge in [-0.05, 0) is 42.5 Å². The summed E-state index contributed by atoms with van der Waals surface area (Å²) in [6, 6.07) is 6.08. The Morgan fingerprint density at radius 1 is 0.862 bits per heavy atom. The Morgan fingerprint density at radius 2 is 1.45 bits per heavy atom. The van der Waals surface area contributed by atoms with Crippen LogP contribution in [0.1, 0.15) is 15.9 Å². The summed E-state index contributed by atoms with van der Waals surface area (Å²) >= 11 is 0. The van der Waals surface area contributed by atoms with Crippen LogP contribution < -0.4 is 5.32 Å². The normalized spacial score (nSPS) is 14.7. The van der Waals surface area contributed by atoms with Gasteiger partial charge < -0.3 is 15.1 Å². The number of alkyl halides is 3. The summed E-state index contributed by atoms with van der Waals surface area (Å²) in [5, 5.41) is 2.49. The van der Waals surface area contributed by atoms with Crippen molar-refractivity contribution in [1.82, 2.24) is 9.80 Å². The van der Waals surface area contributed by atoms with Gasteiger partial charge in [0.2, 0.25) is 0 Å². The minimum absolute atomic E-state index is 0.106. The third kappa shape index (κ3) is 4.82. The van der Waals surface area contributed by atoms with Gasteiger partial charge in [0.1, 0.15) is 11.6 Å². The quantitative estimate of drug-likeness (QED) is 0.758. The van der Waals surface area contributed by atoms with E-state index in [0.717, 1.165) is 42.5 Å². The number of nitrogens with one attached hydrogen (secondary N) is 1. The largest absolute Gasteiger partial charge is 0.416 e. The second kappa shape index (κ2) is 8.06. The lowest BCUT2D eigenvalue weighted by Crippen LogP contribution is -2.51. The highest BCUT2D eigenvalue weighted by Gasteiger charge is 2.30. The minimum atomic E-state index is -4.47. The number of halogens is 5. The number of amides is 3. The van der Waals surface area contributed by atoms with Crippen LogP contribution in [0.3, 0.4) is 0 Å². The molecule has 3 amide bonds. The summed E-state index contributed by atoms with van der Waals surface area (Å²) in [5.74, 6) is -2.24. The van der Waals surface area contributed by atoms with Crippen molar-refractivity contribution in [3.63, 3.8) is 0 Å². The molecule has 0 saturated carbocycles. The van der Waals surface area contributed by atoms with E-state index >= 15 is 0 Å². The molecule has 29 heavy (non-hydrogen) atoms. The van der Waals surface area contributed by atoms with Gasteiger partial charge in [0.25, 0.3) is 5.91 Å². The Kier molecular flexibility index (Phi) is 5.71. The van der Waals surface area contributed by atoms with Crippen molar-refractivity contribution in [2.24, 2.45) is 0 Å². The number of rotatable bonds is 2. The summed E-state index contributed by atoms with van der Waals surface area (Å²) in [6.45, 7) is 0.481. The summed E-state index contributed by atoms with van der Waals surface area (Å²) in [4.78, 5) is 27.3. The Labute approximate surface area is 162 Å². The van der Waals surface area contributed by atoms with Gasteiger partial charge in [-0.25, -0.2) is 13.6 Å². The number of carbonyl (C=O) groups is 2. The fourth-order valence-corrected chi connectivity index (χ4v) is 2.89. The average molecular weight is 413 g/mol. The van der Waals surface area contributed by atoms with E-state index in [1.165, 1.54) is 9.80 Å². The monoisotopic (exact) mass is 413 g/mol. The standard InChI is InChI=1S/C19H16F5N3O2/c20-13-3-6-16(21)15(11-13)17(28)26-7-9-27(10-8-26)18(29)25-14-4-1-12(2-5-14)19(22,23)24/h1-6,11H,7-10H2,(H,25,29). The third-order valence-corrected chi connectivity index (χ3v) is 4.48. The maximum atomic E-state index is 13.8. The van der Waals surface area contributed by atoms with E-state index in [0.29, 0.717) is 0 Å². The molecule has 0 unspecified atom stereocenters.